The van der Waals surface area contributed by atoms with Crippen molar-refractivity contribution < 1.29 is 9.13 Å². The molecule has 0 aliphatic heterocycles. The van der Waals surface area contributed by atoms with Crippen molar-refractivity contribution in [3.05, 3.63) is 58.6 Å². The van der Waals surface area contributed by atoms with Gasteiger partial charge in [0.1, 0.15) is 11.6 Å². The van der Waals surface area contributed by atoms with Gasteiger partial charge in [-0.2, -0.15) is 0 Å². The first-order valence-electron chi connectivity index (χ1n) is 5.56. The van der Waals surface area contributed by atoms with Gasteiger partial charge in [0.2, 0.25) is 0 Å². The summed E-state index contributed by atoms with van der Waals surface area (Å²) in [5, 5.41) is 0.534. The lowest BCUT2D eigenvalue weighted by molar-refractivity contribution is 0.403. The van der Waals surface area contributed by atoms with Crippen LogP contribution in [-0.4, -0.2) is 12.1 Å². The van der Waals surface area contributed by atoms with Crippen LogP contribution in [0, 0.1) is 5.82 Å². The summed E-state index contributed by atoms with van der Waals surface area (Å²) < 4.78 is 19.1. The maximum atomic E-state index is 13.8. The Hall–Kier alpha value is -1.69. The quantitative estimate of drug-likeness (QED) is 0.667. The van der Waals surface area contributed by atoms with E-state index in [0.29, 0.717) is 21.9 Å². The second-order valence-electron chi connectivity index (χ2n) is 3.88. The first-order chi connectivity index (χ1) is 9.17. The summed E-state index contributed by atoms with van der Waals surface area (Å²) >= 11 is 5.91. The Balaban J connectivity index is 2.51. The number of benzene rings is 1. The number of hydrogen-bond donors (Lipinski definition) is 2. The monoisotopic (exact) mass is 281 g/mol. The van der Waals surface area contributed by atoms with Crippen LogP contribution in [0.1, 0.15) is 17.2 Å². The van der Waals surface area contributed by atoms with E-state index in [1.165, 1.54) is 13.3 Å². The first kappa shape index (κ1) is 13.7. The fourth-order valence-electron chi connectivity index (χ4n) is 1.89. The molecule has 0 saturated heterocycles. The van der Waals surface area contributed by atoms with Gasteiger partial charge in [0.05, 0.1) is 19.3 Å². The average Bonchev–Trinajstić information content (AvgIpc) is 2.43. The third-order valence-electron chi connectivity index (χ3n) is 2.79. The minimum atomic E-state index is -0.546. The van der Waals surface area contributed by atoms with E-state index < -0.39 is 11.9 Å². The van der Waals surface area contributed by atoms with Gasteiger partial charge in [-0.1, -0.05) is 17.7 Å². The van der Waals surface area contributed by atoms with Crippen molar-refractivity contribution >= 4 is 11.6 Å². The van der Waals surface area contributed by atoms with E-state index in [4.69, 9.17) is 22.2 Å². The van der Waals surface area contributed by atoms with Gasteiger partial charge < -0.3 is 4.74 Å². The van der Waals surface area contributed by atoms with Crippen LogP contribution < -0.4 is 16.0 Å². The maximum absolute atomic E-state index is 13.8. The van der Waals surface area contributed by atoms with Crippen LogP contribution in [0.4, 0.5) is 4.39 Å². The normalized spacial score (nSPS) is 12.2. The molecule has 1 aromatic carbocycles. The third kappa shape index (κ3) is 2.84. The predicted molar refractivity (Wildman–Crippen MR) is 71.4 cm³/mol. The van der Waals surface area contributed by atoms with Gasteiger partial charge in [-0.05, 0) is 18.2 Å². The minimum Gasteiger partial charge on any atom is -0.496 e. The summed E-state index contributed by atoms with van der Waals surface area (Å²) in [6, 6.07) is 6.11. The van der Waals surface area contributed by atoms with Crippen molar-refractivity contribution in [2.75, 3.05) is 7.11 Å². The number of nitrogens with zero attached hydrogens (tertiary/aromatic N) is 1. The van der Waals surface area contributed by atoms with Crippen LogP contribution in [0.5, 0.6) is 5.75 Å². The van der Waals surface area contributed by atoms with E-state index in [0.717, 1.165) is 6.20 Å². The molecular weight excluding hydrogens is 269 g/mol. The van der Waals surface area contributed by atoms with Gasteiger partial charge in [0, 0.05) is 22.3 Å². The molecule has 1 aromatic heterocycles. The van der Waals surface area contributed by atoms with Crippen LogP contribution in [0.2, 0.25) is 5.02 Å². The molecule has 100 valence electrons. The van der Waals surface area contributed by atoms with Gasteiger partial charge in [-0.3, -0.25) is 10.8 Å². The zero-order valence-corrected chi connectivity index (χ0v) is 11.0. The molecule has 0 aliphatic carbocycles. The zero-order valence-electron chi connectivity index (χ0n) is 10.2. The number of nitrogens with two attached hydrogens (primary N) is 1. The smallest absolute Gasteiger partial charge is 0.146 e. The number of methoxy groups -OCH3 is 1. The summed E-state index contributed by atoms with van der Waals surface area (Å²) in [5.74, 6) is 5.63. The lowest BCUT2D eigenvalue weighted by Gasteiger charge is -2.20. The standard InChI is InChI=1S/C13H13ClFN3O/c1-19-12-6-8(14)2-3-10(12)13(18-16)9-4-5-17-7-11(9)15/h2-7,13,18H,16H2,1H3. The molecule has 0 fully saturated rings. The molecule has 0 bridgehead atoms. The number of hydrazine groups is 1. The molecule has 6 heteroatoms. The molecule has 0 radical (unpaired) electrons. The molecule has 19 heavy (non-hydrogen) atoms. The van der Waals surface area contributed by atoms with Gasteiger partial charge in [-0.15, -0.1) is 0 Å². The number of hydrogen-bond acceptors (Lipinski definition) is 4. The van der Waals surface area contributed by atoms with Crippen LogP contribution in [0.25, 0.3) is 0 Å². The summed E-state index contributed by atoms with van der Waals surface area (Å²) in [6.07, 6.45) is 2.65. The molecule has 0 amide bonds. The molecule has 2 rings (SSSR count). The lowest BCUT2D eigenvalue weighted by atomic mass is 9.99. The van der Waals surface area contributed by atoms with Crippen molar-refractivity contribution in [2.45, 2.75) is 6.04 Å². The van der Waals surface area contributed by atoms with Crippen LogP contribution in [-0.2, 0) is 0 Å². The molecule has 1 heterocycles. The second-order valence-corrected chi connectivity index (χ2v) is 4.32. The number of rotatable bonds is 4. The van der Waals surface area contributed by atoms with E-state index in [1.807, 2.05) is 0 Å². The Labute approximate surface area is 115 Å². The predicted octanol–water partition coefficient (Wildman–Crippen LogP) is 2.44. The number of nitrogens with one attached hydrogen (secondary N) is 1. The number of ether oxygens (including phenoxy) is 1. The summed E-state index contributed by atoms with van der Waals surface area (Å²) in [7, 11) is 1.52. The van der Waals surface area contributed by atoms with Crippen molar-refractivity contribution in [3.8, 4) is 5.75 Å². The molecule has 0 aliphatic rings. The molecule has 3 N–H and O–H groups in total. The van der Waals surface area contributed by atoms with E-state index in [-0.39, 0.29) is 0 Å². The molecule has 0 spiro atoms. The fourth-order valence-corrected chi connectivity index (χ4v) is 2.05. The Morgan fingerprint density at radius 1 is 1.37 bits per heavy atom. The maximum Gasteiger partial charge on any atom is 0.146 e. The van der Waals surface area contributed by atoms with E-state index in [1.54, 1.807) is 24.3 Å². The van der Waals surface area contributed by atoms with Crippen molar-refractivity contribution in [1.29, 1.82) is 0 Å². The summed E-state index contributed by atoms with van der Waals surface area (Å²) in [6.45, 7) is 0. The highest BCUT2D eigenvalue weighted by Gasteiger charge is 2.20. The molecule has 4 nitrogen and oxygen atoms in total. The first-order valence-corrected chi connectivity index (χ1v) is 5.94. The van der Waals surface area contributed by atoms with Crippen LogP contribution >= 0.6 is 11.6 Å². The van der Waals surface area contributed by atoms with Crippen molar-refractivity contribution in [3.63, 3.8) is 0 Å². The molecule has 2 aromatic rings. The highest BCUT2D eigenvalue weighted by Crippen LogP contribution is 2.32. The molecule has 1 unspecified atom stereocenters. The van der Waals surface area contributed by atoms with Gasteiger partial charge in [-0.25, -0.2) is 9.82 Å². The van der Waals surface area contributed by atoms with Crippen LogP contribution in [0.15, 0.2) is 36.7 Å². The summed E-state index contributed by atoms with van der Waals surface area (Å²) in [4.78, 5) is 3.72. The second kappa shape index (κ2) is 5.97. The van der Waals surface area contributed by atoms with Crippen molar-refractivity contribution in [2.24, 2.45) is 5.84 Å². The van der Waals surface area contributed by atoms with E-state index >= 15 is 0 Å². The average molecular weight is 282 g/mol. The Bertz CT molecular complexity index is 580. The van der Waals surface area contributed by atoms with Crippen molar-refractivity contribution in [1.82, 2.24) is 10.4 Å². The number of pyridine rings is 1. The lowest BCUT2D eigenvalue weighted by Crippen LogP contribution is -2.29. The summed E-state index contributed by atoms with van der Waals surface area (Å²) in [5.41, 5.74) is 3.66. The minimum absolute atomic E-state index is 0.387. The Morgan fingerprint density at radius 3 is 2.79 bits per heavy atom. The van der Waals surface area contributed by atoms with Gasteiger partial charge >= 0.3 is 0 Å². The zero-order chi connectivity index (χ0) is 13.8. The van der Waals surface area contributed by atoms with E-state index in [9.17, 15) is 4.39 Å². The number of aromatic nitrogens is 1. The number of halogens is 2. The van der Waals surface area contributed by atoms with Gasteiger partial charge in [0.25, 0.3) is 0 Å². The molecule has 0 saturated carbocycles. The molecule has 1 atom stereocenters. The molecular formula is C13H13ClFN3O. The largest absolute Gasteiger partial charge is 0.496 e. The highest BCUT2D eigenvalue weighted by atomic mass is 35.5. The highest BCUT2D eigenvalue weighted by molar-refractivity contribution is 6.30. The third-order valence-corrected chi connectivity index (χ3v) is 3.02. The fraction of sp³-hybridized carbons (Fsp3) is 0.154. The topological polar surface area (TPSA) is 60.2 Å². The SMILES string of the molecule is COc1cc(Cl)ccc1C(NN)c1ccncc1F. The Morgan fingerprint density at radius 2 is 2.16 bits per heavy atom. The van der Waals surface area contributed by atoms with Crippen LogP contribution in [0.3, 0.4) is 0 Å². The van der Waals surface area contributed by atoms with E-state index in [2.05, 4.69) is 10.4 Å². The van der Waals surface area contributed by atoms with Gasteiger partial charge in [0.15, 0.2) is 0 Å². The Kier molecular flexibility index (Phi) is 4.31.